The molecule has 0 saturated carbocycles. The molecule has 0 bridgehead atoms. The largest absolute Gasteiger partial charge is 0.480 e. The third kappa shape index (κ3) is 5.20. The molecule has 1 aromatic rings. The van der Waals surface area contributed by atoms with Crippen molar-refractivity contribution in [1.29, 1.82) is 0 Å². The molecule has 0 atom stereocenters. The number of carbonyl (C=O) groups excluding carboxylic acids is 2. The number of aliphatic carboxylic acids is 1. The molecule has 3 N–H and O–H groups in total. The number of carboxylic acid groups (broad SMARTS) is 1. The molecule has 19 heavy (non-hydrogen) atoms. The van der Waals surface area contributed by atoms with Gasteiger partial charge in [-0.2, -0.15) is 0 Å². The van der Waals surface area contributed by atoms with E-state index in [1.165, 1.54) is 0 Å². The van der Waals surface area contributed by atoms with Crippen LogP contribution in [0.25, 0.3) is 0 Å². The predicted octanol–water partition coefficient (Wildman–Crippen LogP) is 0.180. The second kappa shape index (κ2) is 7.15. The maximum atomic E-state index is 11.7. The number of aryl methyl sites for hydroxylation is 1. The van der Waals surface area contributed by atoms with E-state index in [1.807, 2.05) is 19.1 Å². The Morgan fingerprint density at radius 3 is 2.21 bits per heavy atom. The highest BCUT2D eigenvalue weighted by atomic mass is 16.4. The van der Waals surface area contributed by atoms with Crippen molar-refractivity contribution in [2.75, 3.05) is 13.1 Å². The van der Waals surface area contributed by atoms with Gasteiger partial charge in [-0.1, -0.05) is 19.1 Å². The van der Waals surface area contributed by atoms with E-state index < -0.39 is 18.4 Å². The van der Waals surface area contributed by atoms with Gasteiger partial charge in [0.05, 0.1) is 6.54 Å². The van der Waals surface area contributed by atoms with Crippen LogP contribution < -0.4 is 10.6 Å². The van der Waals surface area contributed by atoms with Gasteiger partial charge in [0.1, 0.15) is 6.54 Å². The second-order valence-electron chi connectivity index (χ2n) is 3.90. The Bertz CT molecular complexity index is 468. The predicted molar refractivity (Wildman–Crippen MR) is 68.8 cm³/mol. The van der Waals surface area contributed by atoms with Crippen LogP contribution in [0.4, 0.5) is 0 Å². The minimum absolute atomic E-state index is 0.248. The lowest BCUT2D eigenvalue weighted by Crippen LogP contribution is -2.39. The van der Waals surface area contributed by atoms with Gasteiger partial charge in [-0.25, -0.2) is 0 Å². The Labute approximate surface area is 110 Å². The van der Waals surface area contributed by atoms with Gasteiger partial charge < -0.3 is 15.7 Å². The Hall–Kier alpha value is -2.37. The van der Waals surface area contributed by atoms with Gasteiger partial charge in [-0.3, -0.25) is 14.4 Å². The molecule has 1 aromatic carbocycles. The molecule has 0 radical (unpaired) electrons. The van der Waals surface area contributed by atoms with Crippen molar-refractivity contribution < 1.29 is 19.5 Å². The van der Waals surface area contributed by atoms with E-state index in [1.54, 1.807) is 12.1 Å². The first-order valence-electron chi connectivity index (χ1n) is 5.88. The number of nitrogens with one attached hydrogen (secondary N) is 2. The second-order valence-corrected chi connectivity index (χ2v) is 3.90. The number of benzene rings is 1. The fourth-order valence-corrected chi connectivity index (χ4v) is 1.39. The van der Waals surface area contributed by atoms with E-state index in [-0.39, 0.29) is 12.5 Å². The number of carboxylic acids is 1. The summed E-state index contributed by atoms with van der Waals surface area (Å²) >= 11 is 0. The summed E-state index contributed by atoms with van der Waals surface area (Å²) in [5.41, 5.74) is 1.58. The first-order chi connectivity index (χ1) is 9.02. The smallest absolute Gasteiger partial charge is 0.322 e. The van der Waals surface area contributed by atoms with E-state index in [4.69, 9.17) is 5.11 Å². The summed E-state index contributed by atoms with van der Waals surface area (Å²) in [6, 6.07) is 7.06. The maximum Gasteiger partial charge on any atom is 0.322 e. The van der Waals surface area contributed by atoms with E-state index in [9.17, 15) is 14.4 Å². The highest BCUT2D eigenvalue weighted by Crippen LogP contribution is 2.04. The fourth-order valence-electron chi connectivity index (χ4n) is 1.39. The van der Waals surface area contributed by atoms with Gasteiger partial charge in [0, 0.05) is 5.56 Å². The molecule has 2 amide bonds. The van der Waals surface area contributed by atoms with Crippen molar-refractivity contribution in [3.8, 4) is 0 Å². The monoisotopic (exact) mass is 264 g/mol. The van der Waals surface area contributed by atoms with Gasteiger partial charge >= 0.3 is 5.97 Å². The minimum atomic E-state index is -1.13. The van der Waals surface area contributed by atoms with Crippen molar-refractivity contribution in [2.24, 2.45) is 0 Å². The maximum absolute atomic E-state index is 11.7. The SMILES string of the molecule is CCc1ccc(C(=O)NCC(=O)NCC(=O)O)cc1. The summed E-state index contributed by atoms with van der Waals surface area (Å²) in [5, 5.41) is 12.9. The third-order valence-electron chi connectivity index (χ3n) is 2.47. The quantitative estimate of drug-likeness (QED) is 0.683. The van der Waals surface area contributed by atoms with Crippen LogP contribution in [0.1, 0.15) is 22.8 Å². The molecular formula is C13H16N2O4. The average Bonchev–Trinajstić information content (AvgIpc) is 2.42. The summed E-state index contributed by atoms with van der Waals surface area (Å²) < 4.78 is 0. The lowest BCUT2D eigenvalue weighted by atomic mass is 10.1. The van der Waals surface area contributed by atoms with Gasteiger partial charge in [0.15, 0.2) is 0 Å². The molecule has 102 valence electrons. The van der Waals surface area contributed by atoms with Crippen LogP contribution in [0.3, 0.4) is 0 Å². The molecule has 6 nitrogen and oxygen atoms in total. The van der Waals surface area contributed by atoms with Crippen LogP contribution in [0, 0.1) is 0 Å². The summed E-state index contributed by atoms with van der Waals surface area (Å²) in [6.45, 7) is 1.31. The normalized spacial score (nSPS) is 9.74. The molecule has 0 heterocycles. The first kappa shape index (κ1) is 14.7. The van der Waals surface area contributed by atoms with Crippen molar-refractivity contribution in [3.63, 3.8) is 0 Å². The Morgan fingerprint density at radius 1 is 1.05 bits per heavy atom. The van der Waals surface area contributed by atoms with Crippen LogP contribution in [0.5, 0.6) is 0 Å². The zero-order valence-corrected chi connectivity index (χ0v) is 10.6. The Morgan fingerprint density at radius 2 is 1.68 bits per heavy atom. The molecule has 0 aliphatic heterocycles. The van der Waals surface area contributed by atoms with Crippen molar-refractivity contribution in [3.05, 3.63) is 35.4 Å². The number of amides is 2. The number of carbonyl (C=O) groups is 3. The molecule has 1 rings (SSSR count). The zero-order valence-electron chi connectivity index (χ0n) is 10.6. The van der Waals surface area contributed by atoms with Crippen LogP contribution >= 0.6 is 0 Å². The summed E-state index contributed by atoms with van der Waals surface area (Å²) in [4.78, 5) is 33.1. The molecule has 0 fully saturated rings. The van der Waals surface area contributed by atoms with Crippen LogP contribution in [-0.4, -0.2) is 36.0 Å². The Balaban J connectivity index is 2.42. The van der Waals surface area contributed by atoms with Crippen LogP contribution in [0.2, 0.25) is 0 Å². The van der Waals surface area contributed by atoms with Gasteiger partial charge in [-0.05, 0) is 24.1 Å². The molecule has 0 spiro atoms. The molecule has 0 aliphatic carbocycles. The lowest BCUT2D eigenvalue weighted by Gasteiger charge is -2.06. The van der Waals surface area contributed by atoms with Crippen molar-refractivity contribution >= 4 is 17.8 Å². The van der Waals surface area contributed by atoms with Crippen molar-refractivity contribution in [2.45, 2.75) is 13.3 Å². The van der Waals surface area contributed by atoms with Crippen LogP contribution in [-0.2, 0) is 16.0 Å². The van der Waals surface area contributed by atoms with E-state index in [0.717, 1.165) is 12.0 Å². The minimum Gasteiger partial charge on any atom is -0.480 e. The van der Waals surface area contributed by atoms with E-state index >= 15 is 0 Å². The topological polar surface area (TPSA) is 95.5 Å². The fraction of sp³-hybridized carbons (Fsp3) is 0.308. The average molecular weight is 264 g/mol. The Kier molecular flexibility index (Phi) is 5.53. The van der Waals surface area contributed by atoms with Gasteiger partial charge in [0.25, 0.3) is 5.91 Å². The molecule has 0 aromatic heterocycles. The number of hydrogen-bond donors (Lipinski definition) is 3. The highest BCUT2D eigenvalue weighted by Gasteiger charge is 2.08. The zero-order chi connectivity index (χ0) is 14.3. The molecule has 6 heteroatoms. The molecular weight excluding hydrogens is 248 g/mol. The highest BCUT2D eigenvalue weighted by molar-refractivity contribution is 5.96. The third-order valence-corrected chi connectivity index (χ3v) is 2.47. The van der Waals surface area contributed by atoms with Crippen molar-refractivity contribution in [1.82, 2.24) is 10.6 Å². The first-order valence-corrected chi connectivity index (χ1v) is 5.88. The molecule has 0 saturated heterocycles. The number of hydrogen-bond acceptors (Lipinski definition) is 3. The number of rotatable bonds is 6. The van der Waals surface area contributed by atoms with Crippen LogP contribution in [0.15, 0.2) is 24.3 Å². The van der Waals surface area contributed by atoms with E-state index in [0.29, 0.717) is 5.56 Å². The summed E-state index contributed by atoms with van der Waals surface area (Å²) in [7, 11) is 0. The van der Waals surface area contributed by atoms with E-state index in [2.05, 4.69) is 10.6 Å². The lowest BCUT2D eigenvalue weighted by molar-refractivity contribution is -0.137. The summed E-state index contributed by atoms with van der Waals surface area (Å²) in [5.74, 6) is -2.04. The standard InChI is InChI=1S/C13H16N2O4/c1-2-9-3-5-10(6-4-9)13(19)15-7-11(16)14-8-12(17)18/h3-6H,2,7-8H2,1H3,(H,14,16)(H,15,19)(H,17,18). The molecule has 0 aliphatic rings. The molecule has 0 unspecified atom stereocenters. The summed E-state index contributed by atoms with van der Waals surface area (Å²) in [6.07, 6.45) is 0.888. The van der Waals surface area contributed by atoms with Gasteiger partial charge in [-0.15, -0.1) is 0 Å². The van der Waals surface area contributed by atoms with Gasteiger partial charge in [0.2, 0.25) is 5.91 Å².